The molecule has 0 amide bonds. The van der Waals surface area contributed by atoms with E-state index in [0.717, 1.165) is 36.2 Å². The molecule has 3 unspecified atom stereocenters. The Morgan fingerprint density at radius 3 is 2.41 bits per heavy atom. The molecule has 3 atom stereocenters. The van der Waals surface area contributed by atoms with E-state index in [2.05, 4.69) is 0 Å². The molecule has 1 fully saturated rings. The van der Waals surface area contributed by atoms with Crippen LogP contribution in [0.2, 0.25) is 0 Å². The van der Waals surface area contributed by atoms with Gasteiger partial charge in [-0.1, -0.05) is 30.3 Å². The SMILES string of the molecule is CO.COc1ccc(Cc2ccccc2OC2CC(O)CC(CO)O2)cc1. The van der Waals surface area contributed by atoms with Gasteiger partial charge < -0.3 is 29.5 Å². The molecule has 1 heterocycles. The first-order valence-electron chi connectivity index (χ1n) is 8.94. The Hall–Kier alpha value is -2.12. The fraction of sp³-hybridized carbons (Fsp3) is 0.429. The van der Waals surface area contributed by atoms with E-state index in [1.165, 1.54) is 0 Å². The average Bonchev–Trinajstić information content (AvgIpc) is 2.71. The van der Waals surface area contributed by atoms with Crippen LogP contribution in [0.4, 0.5) is 0 Å². The highest BCUT2D eigenvalue weighted by atomic mass is 16.7. The summed E-state index contributed by atoms with van der Waals surface area (Å²) in [6.45, 7) is -0.121. The van der Waals surface area contributed by atoms with Crippen LogP contribution < -0.4 is 9.47 Å². The van der Waals surface area contributed by atoms with Gasteiger partial charge in [0.25, 0.3) is 0 Å². The van der Waals surface area contributed by atoms with Gasteiger partial charge in [-0.2, -0.15) is 0 Å². The van der Waals surface area contributed by atoms with Crippen LogP contribution in [0.5, 0.6) is 11.5 Å². The minimum absolute atomic E-state index is 0.121. The van der Waals surface area contributed by atoms with Crippen LogP contribution in [-0.4, -0.2) is 54.6 Å². The van der Waals surface area contributed by atoms with Crippen LogP contribution in [0.15, 0.2) is 48.5 Å². The maximum Gasteiger partial charge on any atom is 0.202 e. The number of aliphatic hydroxyl groups is 3. The van der Waals surface area contributed by atoms with Crippen LogP contribution in [0.3, 0.4) is 0 Å². The summed E-state index contributed by atoms with van der Waals surface area (Å²) >= 11 is 0. The van der Waals surface area contributed by atoms with Crippen molar-refractivity contribution in [2.75, 3.05) is 20.8 Å². The minimum atomic E-state index is -0.557. The largest absolute Gasteiger partial charge is 0.497 e. The molecule has 148 valence electrons. The third kappa shape index (κ3) is 6.22. The minimum Gasteiger partial charge on any atom is -0.497 e. The summed E-state index contributed by atoms with van der Waals surface area (Å²) < 4.78 is 16.9. The summed E-state index contributed by atoms with van der Waals surface area (Å²) in [4.78, 5) is 0. The molecule has 0 spiro atoms. The van der Waals surface area contributed by atoms with Gasteiger partial charge in [0, 0.05) is 26.4 Å². The molecule has 0 bridgehead atoms. The van der Waals surface area contributed by atoms with Crippen molar-refractivity contribution in [2.24, 2.45) is 0 Å². The van der Waals surface area contributed by atoms with E-state index >= 15 is 0 Å². The molecule has 3 rings (SSSR count). The summed E-state index contributed by atoms with van der Waals surface area (Å²) in [7, 11) is 2.65. The van der Waals surface area contributed by atoms with Crippen LogP contribution in [0.25, 0.3) is 0 Å². The number of rotatable bonds is 6. The van der Waals surface area contributed by atoms with Crippen molar-refractivity contribution >= 4 is 0 Å². The predicted octanol–water partition coefficient (Wildman–Crippen LogP) is 2.13. The van der Waals surface area contributed by atoms with Crippen molar-refractivity contribution in [1.29, 1.82) is 0 Å². The standard InChI is InChI=1S/C20H24O5.CH4O/c1-23-17-8-6-14(7-9-17)10-15-4-2-3-5-19(15)25-20-12-16(22)11-18(13-21)24-20;1-2/h2-9,16,18,20-22H,10-13H2,1H3;2H,1H3. The van der Waals surface area contributed by atoms with Gasteiger partial charge in [-0.25, -0.2) is 0 Å². The van der Waals surface area contributed by atoms with Gasteiger partial charge in [0.15, 0.2) is 0 Å². The Labute approximate surface area is 159 Å². The highest BCUT2D eigenvalue weighted by molar-refractivity contribution is 5.39. The van der Waals surface area contributed by atoms with Gasteiger partial charge >= 0.3 is 0 Å². The molecule has 0 radical (unpaired) electrons. The van der Waals surface area contributed by atoms with Gasteiger partial charge in [-0.15, -0.1) is 0 Å². The lowest BCUT2D eigenvalue weighted by molar-refractivity contribution is -0.184. The molecule has 6 nitrogen and oxygen atoms in total. The second-order valence-corrected chi connectivity index (χ2v) is 6.25. The Morgan fingerprint density at radius 2 is 1.74 bits per heavy atom. The van der Waals surface area contributed by atoms with Crippen molar-refractivity contribution in [3.63, 3.8) is 0 Å². The van der Waals surface area contributed by atoms with Gasteiger partial charge in [0.2, 0.25) is 6.29 Å². The fourth-order valence-electron chi connectivity index (χ4n) is 3.01. The number of hydrogen-bond donors (Lipinski definition) is 3. The molecule has 0 aliphatic carbocycles. The number of hydrogen-bond acceptors (Lipinski definition) is 6. The molecule has 0 saturated carbocycles. The third-order valence-electron chi connectivity index (χ3n) is 4.33. The lowest BCUT2D eigenvalue weighted by atomic mass is 10.0. The number of ether oxygens (including phenoxy) is 3. The fourth-order valence-corrected chi connectivity index (χ4v) is 3.01. The highest BCUT2D eigenvalue weighted by Gasteiger charge is 2.29. The lowest BCUT2D eigenvalue weighted by Gasteiger charge is -2.32. The second kappa shape index (κ2) is 10.9. The van der Waals surface area contributed by atoms with Gasteiger partial charge in [-0.3, -0.25) is 0 Å². The summed E-state index contributed by atoms with van der Waals surface area (Å²) in [6.07, 6.45) is 0.0842. The molecule has 2 aromatic rings. The van der Waals surface area contributed by atoms with Crippen LogP contribution in [-0.2, 0) is 11.2 Å². The van der Waals surface area contributed by atoms with E-state index in [9.17, 15) is 10.2 Å². The topological polar surface area (TPSA) is 88.4 Å². The molecule has 0 aromatic heterocycles. The zero-order valence-corrected chi connectivity index (χ0v) is 15.7. The summed E-state index contributed by atoms with van der Waals surface area (Å²) in [6, 6.07) is 15.7. The van der Waals surface area contributed by atoms with Crippen molar-refractivity contribution in [3.8, 4) is 11.5 Å². The Bertz CT molecular complexity index is 673. The lowest BCUT2D eigenvalue weighted by Crippen LogP contribution is -2.40. The highest BCUT2D eigenvalue weighted by Crippen LogP contribution is 2.27. The quantitative estimate of drug-likeness (QED) is 0.716. The van der Waals surface area contributed by atoms with E-state index < -0.39 is 12.4 Å². The number of para-hydroxylation sites is 1. The smallest absolute Gasteiger partial charge is 0.202 e. The van der Waals surface area contributed by atoms with Crippen LogP contribution >= 0.6 is 0 Å². The van der Waals surface area contributed by atoms with E-state index in [1.807, 2.05) is 48.5 Å². The Balaban J connectivity index is 0.00000126. The molecular weight excluding hydrogens is 348 g/mol. The first-order chi connectivity index (χ1) is 13.2. The van der Waals surface area contributed by atoms with Crippen LogP contribution in [0, 0.1) is 0 Å². The van der Waals surface area contributed by atoms with Crippen molar-refractivity contribution in [3.05, 3.63) is 59.7 Å². The number of benzene rings is 2. The van der Waals surface area contributed by atoms with Gasteiger partial charge in [0.1, 0.15) is 11.5 Å². The zero-order valence-electron chi connectivity index (χ0n) is 15.7. The van der Waals surface area contributed by atoms with E-state index in [1.54, 1.807) is 7.11 Å². The number of methoxy groups -OCH3 is 1. The maximum absolute atomic E-state index is 9.93. The zero-order chi connectivity index (χ0) is 19.6. The molecule has 6 heteroatoms. The predicted molar refractivity (Wildman–Crippen MR) is 102 cm³/mol. The summed E-state index contributed by atoms with van der Waals surface area (Å²) in [5.41, 5.74) is 2.19. The van der Waals surface area contributed by atoms with E-state index in [-0.39, 0.29) is 12.7 Å². The first kappa shape index (κ1) is 21.2. The van der Waals surface area contributed by atoms with E-state index in [4.69, 9.17) is 19.3 Å². The molecule has 3 N–H and O–H groups in total. The molecular formula is C21H28O6. The van der Waals surface area contributed by atoms with E-state index in [0.29, 0.717) is 12.8 Å². The molecule has 2 aromatic carbocycles. The third-order valence-corrected chi connectivity index (χ3v) is 4.33. The Kier molecular flexibility index (Phi) is 8.54. The molecule has 1 aliphatic rings. The normalized spacial score (nSPS) is 21.7. The van der Waals surface area contributed by atoms with Gasteiger partial charge in [0.05, 0.1) is 25.9 Å². The van der Waals surface area contributed by atoms with Crippen LogP contribution in [0.1, 0.15) is 24.0 Å². The van der Waals surface area contributed by atoms with Crippen molar-refractivity contribution in [2.45, 2.75) is 37.8 Å². The van der Waals surface area contributed by atoms with Gasteiger partial charge in [-0.05, 0) is 29.3 Å². The second-order valence-electron chi connectivity index (χ2n) is 6.25. The maximum atomic E-state index is 9.93. The molecule has 27 heavy (non-hydrogen) atoms. The Morgan fingerprint density at radius 1 is 1.04 bits per heavy atom. The monoisotopic (exact) mass is 376 g/mol. The summed E-state index contributed by atoms with van der Waals surface area (Å²) in [5, 5.41) is 26.2. The summed E-state index contributed by atoms with van der Waals surface area (Å²) in [5.74, 6) is 1.56. The number of aliphatic hydroxyl groups excluding tert-OH is 3. The first-order valence-corrected chi connectivity index (χ1v) is 8.94. The molecule has 1 aliphatic heterocycles. The molecule has 1 saturated heterocycles. The average molecular weight is 376 g/mol. The van der Waals surface area contributed by atoms with Crippen molar-refractivity contribution < 1.29 is 29.5 Å². The van der Waals surface area contributed by atoms with Crippen molar-refractivity contribution in [1.82, 2.24) is 0 Å².